The summed E-state index contributed by atoms with van der Waals surface area (Å²) < 4.78 is 0. The lowest BCUT2D eigenvalue weighted by Gasteiger charge is -2.31. The second kappa shape index (κ2) is 5.44. The number of hydrogen-bond donors (Lipinski definition) is 2. The Bertz CT molecular complexity index is 717. The van der Waals surface area contributed by atoms with Crippen molar-refractivity contribution in [3.8, 4) is 16.9 Å². The SMILES string of the molecule is OCCCCc1c(O)cc2c3c1CCc1cccc(c1-3)CC2. The largest absolute Gasteiger partial charge is 0.508 e. The van der Waals surface area contributed by atoms with Gasteiger partial charge in [0.2, 0.25) is 0 Å². The van der Waals surface area contributed by atoms with E-state index in [4.69, 9.17) is 5.11 Å². The molecule has 114 valence electrons. The second-order valence-corrected chi connectivity index (χ2v) is 6.52. The van der Waals surface area contributed by atoms with Crippen molar-refractivity contribution in [3.63, 3.8) is 0 Å². The molecule has 2 nitrogen and oxygen atoms in total. The van der Waals surface area contributed by atoms with Crippen molar-refractivity contribution in [1.29, 1.82) is 0 Å². The predicted molar refractivity (Wildman–Crippen MR) is 88.4 cm³/mol. The second-order valence-electron chi connectivity index (χ2n) is 6.52. The summed E-state index contributed by atoms with van der Waals surface area (Å²) in [6.07, 6.45) is 6.82. The van der Waals surface area contributed by atoms with E-state index in [1.165, 1.54) is 33.4 Å². The lowest BCUT2D eigenvalue weighted by Crippen LogP contribution is -2.16. The Labute approximate surface area is 131 Å². The van der Waals surface area contributed by atoms with Crippen molar-refractivity contribution in [3.05, 3.63) is 52.1 Å². The molecule has 2 N–H and O–H groups in total. The Morgan fingerprint density at radius 2 is 1.59 bits per heavy atom. The van der Waals surface area contributed by atoms with E-state index < -0.39 is 0 Å². The van der Waals surface area contributed by atoms with Gasteiger partial charge in [0.1, 0.15) is 5.75 Å². The third kappa shape index (κ3) is 2.05. The Balaban J connectivity index is 1.88. The van der Waals surface area contributed by atoms with Gasteiger partial charge >= 0.3 is 0 Å². The number of aliphatic hydroxyl groups is 1. The number of aryl methyl sites for hydroxylation is 3. The van der Waals surface area contributed by atoms with Crippen LogP contribution in [-0.4, -0.2) is 16.8 Å². The summed E-state index contributed by atoms with van der Waals surface area (Å²) in [5.74, 6) is 0.467. The molecule has 2 heteroatoms. The Hall–Kier alpha value is -1.80. The topological polar surface area (TPSA) is 40.5 Å². The first-order chi connectivity index (χ1) is 10.8. The van der Waals surface area contributed by atoms with Gasteiger partial charge < -0.3 is 10.2 Å². The van der Waals surface area contributed by atoms with Crippen molar-refractivity contribution in [2.75, 3.05) is 6.61 Å². The summed E-state index contributed by atoms with van der Waals surface area (Å²) >= 11 is 0. The highest BCUT2D eigenvalue weighted by Crippen LogP contribution is 2.46. The number of aliphatic hydroxyl groups excluding tert-OH is 1. The number of rotatable bonds is 4. The average Bonchev–Trinajstić information content (AvgIpc) is 2.54. The van der Waals surface area contributed by atoms with Crippen LogP contribution in [0, 0.1) is 0 Å². The minimum Gasteiger partial charge on any atom is -0.508 e. The highest BCUT2D eigenvalue weighted by atomic mass is 16.3. The molecule has 0 bridgehead atoms. The molecule has 0 aliphatic heterocycles. The molecular formula is C20H22O2. The third-order valence-corrected chi connectivity index (χ3v) is 5.24. The molecule has 0 saturated heterocycles. The number of aromatic hydroxyl groups is 1. The minimum absolute atomic E-state index is 0.230. The van der Waals surface area contributed by atoms with Gasteiger partial charge in [-0.05, 0) is 90.0 Å². The molecule has 2 aromatic carbocycles. The molecule has 0 aromatic heterocycles. The highest BCUT2D eigenvalue weighted by molar-refractivity contribution is 5.82. The molecule has 0 fully saturated rings. The van der Waals surface area contributed by atoms with E-state index in [2.05, 4.69) is 18.2 Å². The molecule has 0 unspecified atom stereocenters. The summed E-state index contributed by atoms with van der Waals surface area (Å²) in [6.45, 7) is 0.230. The summed E-state index contributed by atoms with van der Waals surface area (Å²) in [7, 11) is 0. The molecular weight excluding hydrogens is 272 g/mol. The van der Waals surface area contributed by atoms with Crippen molar-refractivity contribution < 1.29 is 10.2 Å². The number of unbranched alkanes of at least 4 members (excludes halogenated alkanes) is 1. The standard InChI is InChI=1S/C20H22O2/c21-11-2-1-6-16-17-10-9-14-5-3-4-13-7-8-15(12-18(16)22)20(17)19(13)14/h3-5,12,21-22H,1-2,6-11H2. The van der Waals surface area contributed by atoms with Crippen LogP contribution >= 0.6 is 0 Å². The molecule has 2 aromatic rings. The predicted octanol–water partition coefficient (Wildman–Crippen LogP) is 3.57. The maximum Gasteiger partial charge on any atom is 0.119 e. The fraction of sp³-hybridized carbons (Fsp3) is 0.400. The zero-order valence-corrected chi connectivity index (χ0v) is 12.9. The molecule has 0 saturated carbocycles. The fourth-order valence-corrected chi connectivity index (χ4v) is 4.22. The number of phenolic OH excluding ortho intramolecular Hbond substituents is 1. The molecule has 0 radical (unpaired) electrons. The number of benzene rings is 2. The molecule has 2 aliphatic carbocycles. The smallest absolute Gasteiger partial charge is 0.119 e. The zero-order chi connectivity index (χ0) is 15.1. The van der Waals surface area contributed by atoms with E-state index in [-0.39, 0.29) is 6.61 Å². The summed E-state index contributed by atoms with van der Waals surface area (Å²) in [6, 6.07) is 8.70. The van der Waals surface area contributed by atoms with Crippen LogP contribution in [0.25, 0.3) is 11.1 Å². The van der Waals surface area contributed by atoms with Crippen LogP contribution in [0.2, 0.25) is 0 Å². The van der Waals surface area contributed by atoms with Crippen LogP contribution in [0.15, 0.2) is 24.3 Å². The van der Waals surface area contributed by atoms with Crippen molar-refractivity contribution in [2.45, 2.75) is 44.9 Å². The normalized spacial score (nSPS) is 14.8. The maximum absolute atomic E-state index is 10.5. The Morgan fingerprint density at radius 3 is 2.36 bits per heavy atom. The van der Waals surface area contributed by atoms with E-state index >= 15 is 0 Å². The Kier molecular flexibility index (Phi) is 3.42. The zero-order valence-electron chi connectivity index (χ0n) is 12.9. The van der Waals surface area contributed by atoms with Crippen LogP contribution in [0.1, 0.15) is 40.7 Å². The van der Waals surface area contributed by atoms with Gasteiger partial charge in [0.15, 0.2) is 0 Å². The maximum atomic E-state index is 10.5. The van der Waals surface area contributed by atoms with Gasteiger partial charge in [0.25, 0.3) is 0 Å². The summed E-state index contributed by atoms with van der Waals surface area (Å²) in [4.78, 5) is 0. The Morgan fingerprint density at radius 1 is 0.864 bits per heavy atom. The van der Waals surface area contributed by atoms with Crippen molar-refractivity contribution in [1.82, 2.24) is 0 Å². The van der Waals surface area contributed by atoms with Gasteiger partial charge in [-0.3, -0.25) is 0 Å². The van der Waals surface area contributed by atoms with Crippen LogP contribution in [0.5, 0.6) is 5.75 Å². The molecule has 2 aliphatic rings. The van der Waals surface area contributed by atoms with E-state index in [0.29, 0.717) is 5.75 Å². The number of phenols is 1. The van der Waals surface area contributed by atoms with E-state index in [9.17, 15) is 5.11 Å². The first-order valence-electron chi connectivity index (χ1n) is 8.38. The highest BCUT2D eigenvalue weighted by Gasteiger charge is 2.28. The van der Waals surface area contributed by atoms with Gasteiger partial charge in [-0.25, -0.2) is 0 Å². The van der Waals surface area contributed by atoms with Crippen LogP contribution in [0.4, 0.5) is 0 Å². The third-order valence-electron chi connectivity index (χ3n) is 5.24. The van der Waals surface area contributed by atoms with Gasteiger partial charge in [0, 0.05) is 6.61 Å². The molecule has 22 heavy (non-hydrogen) atoms. The monoisotopic (exact) mass is 294 g/mol. The first kappa shape index (κ1) is 13.8. The van der Waals surface area contributed by atoms with Gasteiger partial charge in [-0.15, -0.1) is 0 Å². The van der Waals surface area contributed by atoms with Gasteiger partial charge in [-0.1, -0.05) is 18.2 Å². The van der Waals surface area contributed by atoms with Gasteiger partial charge in [0.05, 0.1) is 0 Å². The van der Waals surface area contributed by atoms with Crippen LogP contribution in [-0.2, 0) is 32.1 Å². The minimum atomic E-state index is 0.230. The lowest BCUT2D eigenvalue weighted by molar-refractivity contribution is 0.284. The quantitative estimate of drug-likeness (QED) is 0.846. The molecule has 0 heterocycles. The van der Waals surface area contributed by atoms with E-state index in [1.807, 2.05) is 6.07 Å². The lowest BCUT2D eigenvalue weighted by atomic mass is 9.73. The molecule has 4 rings (SSSR count). The van der Waals surface area contributed by atoms with Crippen LogP contribution < -0.4 is 0 Å². The van der Waals surface area contributed by atoms with E-state index in [0.717, 1.165) is 50.5 Å². The fourth-order valence-electron chi connectivity index (χ4n) is 4.22. The average molecular weight is 294 g/mol. The van der Waals surface area contributed by atoms with Crippen molar-refractivity contribution >= 4 is 0 Å². The number of hydrogen-bond acceptors (Lipinski definition) is 2. The molecule has 0 atom stereocenters. The first-order valence-corrected chi connectivity index (χ1v) is 8.38. The van der Waals surface area contributed by atoms with Crippen molar-refractivity contribution in [2.24, 2.45) is 0 Å². The summed E-state index contributed by atoms with van der Waals surface area (Å²) in [5.41, 5.74) is 9.62. The van der Waals surface area contributed by atoms with E-state index in [1.54, 1.807) is 0 Å². The summed E-state index contributed by atoms with van der Waals surface area (Å²) in [5, 5.41) is 19.5. The molecule has 0 spiro atoms. The van der Waals surface area contributed by atoms with Gasteiger partial charge in [-0.2, -0.15) is 0 Å². The molecule has 0 amide bonds. The van der Waals surface area contributed by atoms with Crippen LogP contribution in [0.3, 0.4) is 0 Å².